The molecule has 0 saturated heterocycles. The van der Waals surface area contributed by atoms with Crippen LogP contribution in [0.25, 0.3) is 16.6 Å². The van der Waals surface area contributed by atoms with Gasteiger partial charge < -0.3 is 9.84 Å². The molecule has 0 fully saturated rings. The van der Waals surface area contributed by atoms with Crippen molar-refractivity contribution < 1.29 is 36.2 Å². The SMILES string of the molecule is O=c1c2cc(O)ccc2nc(Cc2ccccc2)n1-c1ccc(C(OCc2ccccc2)(C(F)(F)F)C(F)(F)F)cc1. The molecule has 1 N–H and O–H groups in total. The first-order valence-electron chi connectivity index (χ1n) is 12.6. The lowest BCUT2D eigenvalue weighted by Crippen LogP contribution is -2.55. The number of nitrogens with zero attached hydrogens (tertiary/aromatic N) is 2. The van der Waals surface area contributed by atoms with Gasteiger partial charge in [0.25, 0.3) is 11.2 Å². The van der Waals surface area contributed by atoms with Gasteiger partial charge in [0.2, 0.25) is 0 Å². The van der Waals surface area contributed by atoms with Crippen LogP contribution in [-0.2, 0) is 23.4 Å². The van der Waals surface area contributed by atoms with E-state index in [1.807, 2.05) is 0 Å². The number of hydrogen-bond acceptors (Lipinski definition) is 4. The summed E-state index contributed by atoms with van der Waals surface area (Å²) in [6.07, 6.45) is -11.6. The largest absolute Gasteiger partial charge is 0.508 e. The number of benzene rings is 4. The highest BCUT2D eigenvalue weighted by atomic mass is 19.4. The van der Waals surface area contributed by atoms with Crippen molar-refractivity contribution in [2.75, 3.05) is 0 Å². The Morgan fingerprint density at radius 2 is 1.31 bits per heavy atom. The molecule has 216 valence electrons. The first-order chi connectivity index (χ1) is 19.9. The molecule has 11 heteroatoms. The summed E-state index contributed by atoms with van der Waals surface area (Å²) in [7, 11) is 0. The summed E-state index contributed by atoms with van der Waals surface area (Å²) >= 11 is 0. The number of ether oxygens (including phenoxy) is 1. The minimum Gasteiger partial charge on any atom is -0.508 e. The Balaban J connectivity index is 1.64. The van der Waals surface area contributed by atoms with E-state index in [0.29, 0.717) is 12.1 Å². The lowest BCUT2D eigenvalue weighted by atomic mass is 9.91. The van der Waals surface area contributed by atoms with Crippen LogP contribution < -0.4 is 5.56 Å². The number of fused-ring (bicyclic) bond motifs is 1. The van der Waals surface area contributed by atoms with Crippen molar-refractivity contribution in [2.45, 2.75) is 31.0 Å². The molecule has 0 spiro atoms. The molecule has 0 radical (unpaired) electrons. The predicted molar refractivity (Wildman–Crippen MR) is 143 cm³/mol. The molecule has 0 unspecified atom stereocenters. The van der Waals surface area contributed by atoms with Gasteiger partial charge in [-0.25, -0.2) is 4.98 Å². The summed E-state index contributed by atoms with van der Waals surface area (Å²) in [5.74, 6) is -0.0230. The summed E-state index contributed by atoms with van der Waals surface area (Å²) in [5, 5.41) is 9.94. The van der Waals surface area contributed by atoms with Gasteiger partial charge in [0, 0.05) is 12.0 Å². The highest BCUT2D eigenvalue weighted by Gasteiger charge is 2.73. The monoisotopic (exact) mass is 584 g/mol. The van der Waals surface area contributed by atoms with Crippen molar-refractivity contribution in [2.24, 2.45) is 0 Å². The molecule has 0 atom stereocenters. The molecule has 5 nitrogen and oxygen atoms in total. The molecule has 4 aromatic carbocycles. The summed E-state index contributed by atoms with van der Waals surface area (Å²) in [5.41, 5.74) is -5.38. The zero-order valence-corrected chi connectivity index (χ0v) is 21.7. The Morgan fingerprint density at radius 1 is 0.738 bits per heavy atom. The first-order valence-corrected chi connectivity index (χ1v) is 12.6. The fourth-order valence-corrected chi connectivity index (χ4v) is 4.73. The first kappa shape index (κ1) is 28.9. The van der Waals surface area contributed by atoms with E-state index in [1.54, 1.807) is 36.4 Å². The van der Waals surface area contributed by atoms with Gasteiger partial charge >= 0.3 is 12.4 Å². The van der Waals surface area contributed by atoms with E-state index >= 15 is 0 Å². The fraction of sp³-hybridized carbons (Fsp3) is 0.161. The van der Waals surface area contributed by atoms with E-state index in [2.05, 4.69) is 4.98 Å². The van der Waals surface area contributed by atoms with E-state index in [4.69, 9.17) is 4.74 Å². The number of halogens is 6. The van der Waals surface area contributed by atoms with Crippen LogP contribution in [0.3, 0.4) is 0 Å². The van der Waals surface area contributed by atoms with Crippen molar-refractivity contribution in [1.29, 1.82) is 0 Å². The van der Waals surface area contributed by atoms with Crippen LogP contribution in [0.4, 0.5) is 26.3 Å². The molecule has 42 heavy (non-hydrogen) atoms. The molecule has 1 heterocycles. The van der Waals surface area contributed by atoms with Crippen molar-refractivity contribution in [3.63, 3.8) is 0 Å². The van der Waals surface area contributed by atoms with Gasteiger partial charge in [-0.15, -0.1) is 0 Å². The Labute approximate surface area is 235 Å². The Bertz CT molecular complexity index is 1740. The van der Waals surface area contributed by atoms with Gasteiger partial charge in [-0.3, -0.25) is 9.36 Å². The van der Waals surface area contributed by atoms with E-state index in [0.717, 1.165) is 22.3 Å². The van der Waals surface area contributed by atoms with Crippen LogP contribution in [0.2, 0.25) is 0 Å². The van der Waals surface area contributed by atoms with Crippen molar-refractivity contribution >= 4 is 10.9 Å². The van der Waals surface area contributed by atoms with E-state index in [1.165, 1.54) is 42.5 Å². The van der Waals surface area contributed by atoms with Crippen LogP contribution in [0.5, 0.6) is 5.75 Å². The predicted octanol–water partition coefficient (Wildman–Crippen LogP) is 7.22. The standard InChI is InChI=1S/C31H22F6N2O3/c32-30(33,34)29(31(35,36)37,42-19-21-9-5-2-6-10-21)22-11-13-23(14-12-22)39-27(17-20-7-3-1-4-8-20)38-26-16-15-24(40)18-25(26)28(39)41/h1-16,18,40H,17,19H2. The number of aromatic hydroxyl groups is 1. The van der Waals surface area contributed by atoms with Gasteiger partial charge in [-0.1, -0.05) is 72.8 Å². The number of alkyl halides is 6. The van der Waals surface area contributed by atoms with Crippen LogP contribution in [0.15, 0.2) is 108 Å². The van der Waals surface area contributed by atoms with Crippen LogP contribution in [0.1, 0.15) is 22.5 Å². The number of phenols is 1. The maximum atomic E-state index is 14.3. The number of aromatic nitrogens is 2. The van der Waals surface area contributed by atoms with Gasteiger partial charge in [0.15, 0.2) is 0 Å². The maximum absolute atomic E-state index is 14.3. The lowest BCUT2D eigenvalue weighted by molar-refractivity contribution is -0.392. The fourth-order valence-electron chi connectivity index (χ4n) is 4.73. The molecule has 5 rings (SSSR count). The van der Waals surface area contributed by atoms with Crippen molar-refractivity contribution in [1.82, 2.24) is 9.55 Å². The number of hydrogen-bond donors (Lipinski definition) is 1. The average molecular weight is 585 g/mol. The van der Waals surface area contributed by atoms with E-state index < -0.39 is 35.7 Å². The minimum absolute atomic E-state index is 0.0158. The quantitative estimate of drug-likeness (QED) is 0.205. The number of phenolic OH excluding ortho intramolecular Hbond substituents is 1. The summed E-state index contributed by atoms with van der Waals surface area (Å²) in [6, 6.07) is 23.4. The topological polar surface area (TPSA) is 64.3 Å². The smallest absolute Gasteiger partial charge is 0.430 e. The lowest BCUT2D eigenvalue weighted by Gasteiger charge is -2.37. The van der Waals surface area contributed by atoms with Gasteiger partial charge in [0.05, 0.1) is 23.2 Å². The highest BCUT2D eigenvalue weighted by Crippen LogP contribution is 2.53. The zero-order chi connectivity index (χ0) is 30.1. The Morgan fingerprint density at radius 3 is 1.88 bits per heavy atom. The summed E-state index contributed by atoms with van der Waals surface area (Å²) in [4.78, 5) is 18.1. The van der Waals surface area contributed by atoms with Gasteiger partial charge in [0.1, 0.15) is 11.6 Å². The van der Waals surface area contributed by atoms with E-state index in [-0.39, 0.29) is 40.1 Å². The summed E-state index contributed by atoms with van der Waals surface area (Å²) < 4.78 is 91.8. The van der Waals surface area contributed by atoms with E-state index in [9.17, 15) is 36.2 Å². The molecule has 0 saturated carbocycles. The molecule has 0 aliphatic heterocycles. The molecular formula is C31H22F6N2O3. The summed E-state index contributed by atoms with van der Waals surface area (Å²) in [6.45, 7) is -0.958. The van der Waals surface area contributed by atoms with Gasteiger partial charge in [-0.2, -0.15) is 26.3 Å². The molecular weight excluding hydrogens is 562 g/mol. The number of rotatable bonds is 7. The molecule has 0 bridgehead atoms. The normalized spacial score (nSPS) is 12.5. The van der Waals surface area contributed by atoms with Gasteiger partial charge in [-0.05, 0) is 41.5 Å². The molecule has 0 aliphatic rings. The maximum Gasteiger partial charge on any atom is 0.430 e. The van der Waals surface area contributed by atoms with Crippen LogP contribution in [0, 0.1) is 0 Å². The third-order valence-electron chi connectivity index (χ3n) is 6.75. The van der Waals surface area contributed by atoms with Crippen LogP contribution in [-0.4, -0.2) is 27.0 Å². The molecule has 1 aromatic heterocycles. The second kappa shape index (κ2) is 11.0. The molecule has 0 aliphatic carbocycles. The average Bonchev–Trinajstić information content (AvgIpc) is 2.94. The minimum atomic E-state index is -5.88. The zero-order valence-electron chi connectivity index (χ0n) is 21.7. The molecule has 5 aromatic rings. The second-order valence-corrected chi connectivity index (χ2v) is 9.53. The van der Waals surface area contributed by atoms with Crippen molar-refractivity contribution in [3.05, 3.63) is 136 Å². The molecule has 0 amide bonds. The highest BCUT2D eigenvalue weighted by molar-refractivity contribution is 5.79. The third kappa shape index (κ3) is 5.35. The van der Waals surface area contributed by atoms with Crippen molar-refractivity contribution in [3.8, 4) is 11.4 Å². The Kier molecular flexibility index (Phi) is 7.55. The van der Waals surface area contributed by atoms with Crippen LogP contribution >= 0.6 is 0 Å². The third-order valence-corrected chi connectivity index (χ3v) is 6.75. The second-order valence-electron chi connectivity index (χ2n) is 9.53. The Hall–Kier alpha value is -4.64.